The summed E-state index contributed by atoms with van der Waals surface area (Å²) in [5.41, 5.74) is 2.35. The molecule has 2 rings (SSSR count). The predicted molar refractivity (Wildman–Crippen MR) is 77.6 cm³/mol. The SMILES string of the molecule is CC(C)Oc1cccc(C=Cc2ccccc2)c1. The van der Waals surface area contributed by atoms with E-state index in [-0.39, 0.29) is 6.10 Å². The zero-order chi connectivity index (χ0) is 12.8. The molecule has 1 heteroatoms. The zero-order valence-corrected chi connectivity index (χ0v) is 10.8. The molecule has 0 amide bonds. The van der Waals surface area contributed by atoms with Crippen molar-refractivity contribution in [1.82, 2.24) is 0 Å². The fraction of sp³-hybridized carbons (Fsp3) is 0.176. The van der Waals surface area contributed by atoms with Gasteiger partial charge in [-0.25, -0.2) is 0 Å². The zero-order valence-electron chi connectivity index (χ0n) is 10.8. The summed E-state index contributed by atoms with van der Waals surface area (Å²) in [7, 11) is 0. The largest absolute Gasteiger partial charge is 0.491 e. The molecule has 0 heterocycles. The molecule has 0 aliphatic rings. The molecular weight excluding hydrogens is 220 g/mol. The standard InChI is InChI=1S/C17H18O/c1-14(2)18-17-10-6-9-16(13-17)12-11-15-7-4-3-5-8-15/h3-14H,1-2H3. The summed E-state index contributed by atoms with van der Waals surface area (Å²) in [6.45, 7) is 4.07. The van der Waals surface area contributed by atoms with Crippen molar-refractivity contribution in [3.63, 3.8) is 0 Å². The van der Waals surface area contributed by atoms with Crippen LogP contribution in [0.25, 0.3) is 12.2 Å². The van der Waals surface area contributed by atoms with Gasteiger partial charge < -0.3 is 4.74 Å². The first-order chi connectivity index (χ1) is 8.74. The number of hydrogen-bond donors (Lipinski definition) is 0. The van der Waals surface area contributed by atoms with Crippen LogP contribution in [-0.2, 0) is 0 Å². The van der Waals surface area contributed by atoms with Gasteiger partial charge in [-0.05, 0) is 37.1 Å². The highest BCUT2D eigenvalue weighted by Gasteiger charge is 1.97. The van der Waals surface area contributed by atoms with Gasteiger partial charge in [0.25, 0.3) is 0 Å². The molecule has 0 saturated heterocycles. The van der Waals surface area contributed by atoms with E-state index in [4.69, 9.17) is 4.74 Å². The Labute approximate surface area is 109 Å². The van der Waals surface area contributed by atoms with Crippen molar-refractivity contribution < 1.29 is 4.74 Å². The number of hydrogen-bond acceptors (Lipinski definition) is 1. The number of rotatable bonds is 4. The lowest BCUT2D eigenvalue weighted by molar-refractivity contribution is 0.242. The molecule has 2 aromatic carbocycles. The van der Waals surface area contributed by atoms with E-state index < -0.39 is 0 Å². The summed E-state index contributed by atoms with van der Waals surface area (Å²) in [6.07, 6.45) is 4.41. The van der Waals surface area contributed by atoms with Gasteiger partial charge in [0.05, 0.1) is 6.10 Å². The molecule has 0 unspecified atom stereocenters. The van der Waals surface area contributed by atoms with Crippen LogP contribution < -0.4 is 4.74 Å². The Kier molecular flexibility index (Phi) is 4.19. The van der Waals surface area contributed by atoms with E-state index in [0.29, 0.717) is 0 Å². The van der Waals surface area contributed by atoms with Gasteiger partial charge in [-0.3, -0.25) is 0 Å². The monoisotopic (exact) mass is 238 g/mol. The molecule has 0 radical (unpaired) electrons. The maximum atomic E-state index is 5.67. The van der Waals surface area contributed by atoms with E-state index in [1.807, 2.05) is 44.2 Å². The summed E-state index contributed by atoms with van der Waals surface area (Å²) in [5.74, 6) is 0.917. The van der Waals surface area contributed by atoms with Crippen LogP contribution in [-0.4, -0.2) is 6.10 Å². The van der Waals surface area contributed by atoms with Crippen molar-refractivity contribution >= 4 is 12.2 Å². The van der Waals surface area contributed by atoms with E-state index >= 15 is 0 Å². The van der Waals surface area contributed by atoms with Gasteiger partial charge in [-0.1, -0.05) is 54.6 Å². The second-order valence-corrected chi connectivity index (χ2v) is 4.48. The minimum Gasteiger partial charge on any atom is -0.491 e. The first-order valence-corrected chi connectivity index (χ1v) is 6.24. The summed E-state index contributed by atoms with van der Waals surface area (Å²) in [4.78, 5) is 0. The molecule has 0 N–H and O–H groups in total. The Morgan fingerprint density at radius 1 is 0.833 bits per heavy atom. The van der Waals surface area contributed by atoms with Crippen LogP contribution in [0.2, 0.25) is 0 Å². The average molecular weight is 238 g/mol. The van der Waals surface area contributed by atoms with Gasteiger partial charge in [0.2, 0.25) is 0 Å². The third kappa shape index (κ3) is 3.77. The first kappa shape index (κ1) is 12.4. The van der Waals surface area contributed by atoms with Crippen molar-refractivity contribution in [2.45, 2.75) is 20.0 Å². The van der Waals surface area contributed by atoms with Crippen LogP contribution >= 0.6 is 0 Å². The summed E-state index contributed by atoms with van der Waals surface area (Å²) < 4.78 is 5.67. The molecule has 0 spiro atoms. The Bertz CT molecular complexity index is 512. The minimum absolute atomic E-state index is 0.207. The molecule has 0 atom stereocenters. The molecule has 0 bridgehead atoms. The number of ether oxygens (including phenoxy) is 1. The van der Waals surface area contributed by atoms with E-state index in [0.717, 1.165) is 11.3 Å². The minimum atomic E-state index is 0.207. The molecule has 92 valence electrons. The lowest BCUT2D eigenvalue weighted by atomic mass is 10.1. The van der Waals surface area contributed by atoms with E-state index in [2.05, 4.69) is 36.4 Å². The topological polar surface area (TPSA) is 9.23 Å². The predicted octanol–water partition coefficient (Wildman–Crippen LogP) is 4.64. The van der Waals surface area contributed by atoms with Gasteiger partial charge in [0.15, 0.2) is 0 Å². The molecule has 0 aliphatic heterocycles. The van der Waals surface area contributed by atoms with Crippen molar-refractivity contribution in [2.75, 3.05) is 0 Å². The third-order valence-electron chi connectivity index (χ3n) is 2.50. The highest BCUT2D eigenvalue weighted by molar-refractivity contribution is 5.70. The van der Waals surface area contributed by atoms with E-state index in [1.165, 1.54) is 5.56 Å². The normalized spacial score (nSPS) is 11.1. The van der Waals surface area contributed by atoms with Gasteiger partial charge >= 0.3 is 0 Å². The molecular formula is C17H18O. The molecule has 0 aromatic heterocycles. The fourth-order valence-corrected chi connectivity index (χ4v) is 1.72. The van der Waals surface area contributed by atoms with Crippen molar-refractivity contribution in [1.29, 1.82) is 0 Å². The molecule has 0 aliphatic carbocycles. The third-order valence-corrected chi connectivity index (χ3v) is 2.50. The fourth-order valence-electron chi connectivity index (χ4n) is 1.72. The summed E-state index contributed by atoms with van der Waals surface area (Å²) >= 11 is 0. The maximum absolute atomic E-state index is 5.67. The second-order valence-electron chi connectivity index (χ2n) is 4.48. The van der Waals surface area contributed by atoms with Crippen LogP contribution in [0.5, 0.6) is 5.75 Å². The first-order valence-electron chi connectivity index (χ1n) is 6.24. The lowest BCUT2D eigenvalue weighted by Gasteiger charge is -2.09. The second kappa shape index (κ2) is 6.06. The molecule has 0 fully saturated rings. The Balaban J connectivity index is 2.12. The van der Waals surface area contributed by atoms with Gasteiger partial charge in [0, 0.05) is 0 Å². The van der Waals surface area contributed by atoms with Crippen LogP contribution in [0, 0.1) is 0 Å². The van der Waals surface area contributed by atoms with Gasteiger partial charge in [0.1, 0.15) is 5.75 Å². The van der Waals surface area contributed by atoms with E-state index in [1.54, 1.807) is 0 Å². The Hall–Kier alpha value is -2.02. The Morgan fingerprint density at radius 2 is 1.50 bits per heavy atom. The van der Waals surface area contributed by atoms with Crippen molar-refractivity contribution in [2.24, 2.45) is 0 Å². The highest BCUT2D eigenvalue weighted by Crippen LogP contribution is 2.17. The molecule has 18 heavy (non-hydrogen) atoms. The average Bonchev–Trinajstić information content (AvgIpc) is 2.37. The quantitative estimate of drug-likeness (QED) is 0.705. The molecule has 1 nitrogen and oxygen atoms in total. The smallest absolute Gasteiger partial charge is 0.120 e. The summed E-state index contributed by atoms with van der Waals surface area (Å²) in [6, 6.07) is 18.4. The van der Waals surface area contributed by atoms with Gasteiger partial charge in [-0.15, -0.1) is 0 Å². The van der Waals surface area contributed by atoms with Crippen LogP contribution in [0.4, 0.5) is 0 Å². The maximum Gasteiger partial charge on any atom is 0.120 e. The number of benzene rings is 2. The van der Waals surface area contributed by atoms with Crippen LogP contribution in [0.15, 0.2) is 54.6 Å². The van der Waals surface area contributed by atoms with Crippen molar-refractivity contribution in [3.05, 3.63) is 65.7 Å². The van der Waals surface area contributed by atoms with E-state index in [9.17, 15) is 0 Å². The molecule has 0 saturated carbocycles. The van der Waals surface area contributed by atoms with Gasteiger partial charge in [-0.2, -0.15) is 0 Å². The van der Waals surface area contributed by atoms with Crippen molar-refractivity contribution in [3.8, 4) is 5.75 Å². The van der Waals surface area contributed by atoms with Crippen LogP contribution in [0.3, 0.4) is 0 Å². The summed E-state index contributed by atoms with van der Waals surface area (Å²) in [5, 5.41) is 0. The van der Waals surface area contributed by atoms with Crippen LogP contribution in [0.1, 0.15) is 25.0 Å². The highest BCUT2D eigenvalue weighted by atomic mass is 16.5. The molecule has 2 aromatic rings. The lowest BCUT2D eigenvalue weighted by Crippen LogP contribution is -2.05. The Morgan fingerprint density at radius 3 is 2.22 bits per heavy atom.